The van der Waals surface area contributed by atoms with Crippen LogP contribution in [0.25, 0.3) is 22.3 Å². The van der Waals surface area contributed by atoms with Gasteiger partial charge in [-0.05, 0) is 59.2 Å². The predicted octanol–water partition coefficient (Wildman–Crippen LogP) is 7.53. The lowest BCUT2D eigenvalue weighted by atomic mass is 9.98. The SMILES string of the molecule is FCCCCc1ccc(-c2ccc(-c3cc(F)c(OCC(F)(F)F)c(F)c3)cc2)cc1. The zero-order valence-corrected chi connectivity index (χ0v) is 16.5. The van der Waals surface area contributed by atoms with E-state index in [2.05, 4.69) is 4.74 Å². The van der Waals surface area contributed by atoms with E-state index in [0.717, 1.165) is 41.7 Å². The van der Waals surface area contributed by atoms with Crippen molar-refractivity contribution in [2.24, 2.45) is 0 Å². The number of benzene rings is 3. The topological polar surface area (TPSA) is 9.23 Å². The van der Waals surface area contributed by atoms with E-state index >= 15 is 0 Å². The second-order valence-corrected chi connectivity index (χ2v) is 7.09. The molecule has 0 saturated carbocycles. The molecule has 0 spiro atoms. The van der Waals surface area contributed by atoms with Gasteiger partial charge < -0.3 is 4.74 Å². The van der Waals surface area contributed by atoms with E-state index in [4.69, 9.17) is 0 Å². The number of halogens is 6. The summed E-state index contributed by atoms with van der Waals surface area (Å²) in [7, 11) is 0. The van der Waals surface area contributed by atoms with Gasteiger partial charge in [-0.3, -0.25) is 4.39 Å². The molecule has 3 aromatic carbocycles. The van der Waals surface area contributed by atoms with Gasteiger partial charge in [0, 0.05) is 0 Å². The molecule has 3 aromatic rings. The van der Waals surface area contributed by atoms with Crippen molar-refractivity contribution in [3.05, 3.63) is 77.9 Å². The lowest BCUT2D eigenvalue weighted by molar-refractivity contribution is -0.154. The molecule has 0 aromatic heterocycles. The monoisotopic (exact) mass is 438 g/mol. The molecule has 0 aliphatic rings. The van der Waals surface area contributed by atoms with E-state index in [0.29, 0.717) is 12.0 Å². The Labute approximate surface area is 176 Å². The molecule has 0 unspecified atom stereocenters. The second-order valence-electron chi connectivity index (χ2n) is 7.09. The van der Waals surface area contributed by atoms with Gasteiger partial charge in [0.25, 0.3) is 0 Å². The summed E-state index contributed by atoms with van der Waals surface area (Å²) in [5.41, 5.74) is 3.66. The van der Waals surface area contributed by atoms with Crippen molar-refractivity contribution in [3.63, 3.8) is 0 Å². The van der Waals surface area contributed by atoms with Crippen LogP contribution in [0.4, 0.5) is 26.3 Å². The smallest absolute Gasteiger partial charge is 0.422 e. The highest BCUT2D eigenvalue weighted by molar-refractivity contribution is 5.71. The predicted molar refractivity (Wildman–Crippen MR) is 108 cm³/mol. The molecule has 0 aliphatic carbocycles. The number of hydrogen-bond acceptors (Lipinski definition) is 1. The number of hydrogen-bond donors (Lipinski definition) is 0. The van der Waals surface area contributed by atoms with Gasteiger partial charge in [-0.15, -0.1) is 0 Å². The summed E-state index contributed by atoms with van der Waals surface area (Å²) < 4.78 is 81.4. The van der Waals surface area contributed by atoms with Gasteiger partial charge in [-0.25, -0.2) is 8.78 Å². The maximum absolute atomic E-state index is 14.1. The van der Waals surface area contributed by atoms with E-state index in [1.807, 2.05) is 24.3 Å². The van der Waals surface area contributed by atoms with Crippen LogP contribution in [0.15, 0.2) is 60.7 Å². The van der Waals surface area contributed by atoms with Crippen LogP contribution in [0.5, 0.6) is 5.75 Å². The van der Waals surface area contributed by atoms with Crippen LogP contribution < -0.4 is 4.74 Å². The van der Waals surface area contributed by atoms with E-state index in [-0.39, 0.29) is 12.2 Å². The Bertz CT molecular complexity index is 971. The highest BCUT2D eigenvalue weighted by Crippen LogP contribution is 2.31. The molecule has 164 valence electrons. The van der Waals surface area contributed by atoms with Gasteiger partial charge in [0.1, 0.15) is 0 Å². The largest absolute Gasteiger partial charge is 0.478 e. The zero-order chi connectivity index (χ0) is 22.4. The fraction of sp³-hybridized carbons (Fsp3) is 0.250. The van der Waals surface area contributed by atoms with Gasteiger partial charge >= 0.3 is 6.18 Å². The van der Waals surface area contributed by atoms with Crippen molar-refractivity contribution >= 4 is 0 Å². The highest BCUT2D eigenvalue weighted by atomic mass is 19.4. The molecule has 0 N–H and O–H groups in total. The van der Waals surface area contributed by atoms with Crippen LogP contribution in [0.1, 0.15) is 18.4 Å². The Morgan fingerprint density at radius 3 is 1.65 bits per heavy atom. The third-order valence-electron chi connectivity index (χ3n) is 4.73. The fourth-order valence-electron chi connectivity index (χ4n) is 3.16. The highest BCUT2D eigenvalue weighted by Gasteiger charge is 2.30. The van der Waals surface area contributed by atoms with Crippen molar-refractivity contribution < 1.29 is 31.1 Å². The summed E-state index contributed by atoms with van der Waals surface area (Å²) in [6.07, 6.45) is -2.56. The maximum atomic E-state index is 14.1. The van der Waals surface area contributed by atoms with E-state index in [1.165, 1.54) is 0 Å². The zero-order valence-electron chi connectivity index (χ0n) is 16.5. The minimum absolute atomic E-state index is 0.184. The Kier molecular flexibility index (Phi) is 7.25. The third-order valence-corrected chi connectivity index (χ3v) is 4.73. The van der Waals surface area contributed by atoms with Crippen LogP contribution >= 0.6 is 0 Å². The Morgan fingerprint density at radius 1 is 0.677 bits per heavy atom. The Morgan fingerprint density at radius 2 is 1.16 bits per heavy atom. The Balaban J connectivity index is 1.74. The molecule has 31 heavy (non-hydrogen) atoms. The van der Waals surface area contributed by atoms with Gasteiger partial charge in [0.2, 0.25) is 0 Å². The third kappa shape index (κ3) is 6.26. The van der Waals surface area contributed by atoms with Crippen LogP contribution in [0.2, 0.25) is 0 Å². The molecule has 0 atom stereocenters. The molecular weight excluding hydrogens is 418 g/mol. The first-order chi connectivity index (χ1) is 14.8. The standard InChI is InChI=1S/C24H20F6O/c25-12-2-1-3-16-4-6-17(7-5-16)18-8-10-19(11-9-18)20-13-21(26)23(22(27)14-20)31-15-24(28,29)30/h4-11,13-14H,1-3,12,15H2. The molecule has 7 heteroatoms. The minimum Gasteiger partial charge on any atom is -0.478 e. The summed E-state index contributed by atoms with van der Waals surface area (Å²) in [5.74, 6) is -3.46. The van der Waals surface area contributed by atoms with Crippen molar-refractivity contribution in [3.8, 4) is 28.0 Å². The summed E-state index contributed by atoms with van der Waals surface area (Å²) >= 11 is 0. The minimum atomic E-state index is -4.69. The first-order valence-corrected chi connectivity index (χ1v) is 9.71. The summed E-state index contributed by atoms with van der Waals surface area (Å²) in [6, 6.07) is 16.7. The van der Waals surface area contributed by atoms with Gasteiger partial charge in [0.15, 0.2) is 24.0 Å². The summed E-state index contributed by atoms with van der Waals surface area (Å²) in [5, 5.41) is 0. The molecule has 0 bridgehead atoms. The number of rotatable bonds is 8. The molecular formula is C24H20F6O. The van der Waals surface area contributed by atoms with E-state index < -0.39 is 30.2 Å². The Hall–Kier alpha value is -2.96. The number of aryl methyl sites for hydroxylation is 1. The molecule has 1 nitrogen and oxygen atoms in total. The average molecular weight is 438 g/mol. The van der Waals surface area contributed by atoms with E-state index in [1.54, 1.807) is 24.3 Å². The van der Waals surface area contributed by atoms with Crippen molar-refractivity contribution in [1.29, 1.82) is 0 Å². The number of unbranched alkanes of at least 4 members (excludes halogenated alkanes) is 1. The van der Waals surface area contributed by atoms with Gasteiger partial charge in [-0.1, -0.05) is 48.5 Å². The van der Waals surface area contributed by atoms with Crippen molar-refractivity contribution in [1.82, 2.24) is 0 Å². The molecule has 0 amide bonds. The van der Waals surface area contributed by atoms with Crippen LogP contribution in [0, 0.1) is 11.6 Å². The first-order valence-electron chi connectivity index (χ1n) is 9.71. The van der Waals surface area contributed by atoms with Crippen molar-refractivity contribution in [2.45, 2.75) is 25.4 Å². The summed E-state index contributed by atoms with van der Waals surface area (Å²) in [6.45, 7) is -2.09. The lowest BCUT2D eigenvalue weighted by Crippen LogP contribution is -2.20. The van der Waals surface area contributed by atoms with Crippen LogP contribution in [-0.4, -0.2) is 19.5 Å². The number of ether oxygens (including phenoxy) is 1. The molecule has 0 fully saturated rings. The maximum Gasteiger partial charge on any atom is 0.422 e. The van der Waals surface area contributed by atoms with Crippen LogP contribution in [0.3, 0.4) is 0 Å². The molecule has 0 radical (unpaired) electrons. The average Bonchev–Trinajstić information content (AvgIpc) is 2.73. The van der Waals surface area contributed by atoms with E-state index in [9.17, 15) is 26.3 Å². The lowest BCUT2D eigenvalue weighted by Gasteiger charge is -2.12. The molecule has 0 saturated heterocycles. The molecule has 3 rings (SSSR count). The fourth-order valence-corrected chi connectivity index (χ4v) is 3.16. The summed E-state index contributed by atoms with van der Waals surface area (Å²) in [4.78, 5) is 0. The quantitative estimate of drug-likeness (QED) is 0.261. The number of alkyl halides is 4. The first kappa shape index (κ1) is 22.7. The van der Waals surface area contributed by atoms with Crippen molar-refractivity contribution in [2.75, 3.05) is 13.3 Å². The normalized spacial score (nSPS) is 11.5. The van der Waals surface area contributed by atoms with Gasteiger partial charge in [-0.2, -0.15) is 13.2 Å². The van der Waals surface area contributed by atoms with Gasteiger partial charge in [0.05, 0.1) is 6.67 Å². The molecule has 0 heterocycles. The second kappa shape index (κ2) is 9.90. The molecule has 0 aliphatic heterocycles. The van der Waals surface area contributed by atoms with Crippen LogP contribution in [-0.2, 0) is 6.42 Å².